The molecule has 5 nitrogen and oxygen atoms in total. The highest BCUT2D eigenvalue weighted by Crippen LogP contribution is 2.48. The highest BCUT2D eigenvalue weighted by molar-refractivity contribution is 8.00. The van der Waals surface area contributed by atoms with E-state index in [9.17, 15) is 9.59 Å². The van der Waals surface area contributed by atoms with Gasteiger partial charge in [-0.3, -0.25) is 9.59 Å². The molecule has 1 unspecified atom stereocenters. The van der Waals surface area contributed by atoms with Crippen molar-refractivity contribution in [3.8, 4) is 5.75 Å². The number of thioether (sulfide) groups is 1. The maximum absolute atomic E-state index is 11.4. The van der Waals surface area contributed by atoms with E-state index < -0.39 is 15.9 Å². The molecule has 0 radical (unpaired) electrons. The second-order valence-corrected chi connectivity index (χ2v) is 6.68. The van der Waals surface area contributed by atoms with Crippen LogP contribution in [0.5, 0.6) is 5.75 Å². The molecule has 2 heterocycles. The van der Waals surface area contributed by atoms with Crippen LogP contribution in [0.1, 0.15) is 12.6 Å². The lowest BCUT2D eigenvalue weighted by atomic mass is 10.1. The number of halogens is 1. The molecule has 1 aromatic carbocycles. The molecule has 0 saturated carbocycles. The van der Waals surface area contributed by atoms with Crippen molar-refractivity contribution in [2.75, 3.05) is 6.61 Å². The molecule has 0 fully saturated rings. The van der Waals surface area contributed by atoms with Crippen molar-refractivity contribution >= 4 is 23.4 Å². The van der Waals surface area contributed by atoms with Gasteiger partial charge in [-0.25, -0.2) is 0 Å². The fraction of sp³-hybridized carbons (Fsp3) is 0.231. The van der Waals surface area contributed by atoms with Gasteiger partial charge in [0.25, 0.3) is 0 Å². The summed E-state index contributed by atoms with van der Waals surface area (Å²) in [5, 5.41) is 0.616. The first-order valence-electron chi connectivity index (χ1n) is 5.92. The lowest BCUT2D eigenvalue weighted by Gasteiger charge is -2.33. The molecule has 104 valence electrons. The third kappa shape index (κ3) is 2.25. The first-order chi connectivity index (χ1) is 9.48. The zero-order chi connectivity index (χ0) is 14.3. The Labute approximate surface area is 123 Å². The van der Waals surface area contributed by atoms with Crippen LogP contribution in [-0.4, -0.2) is 16.6 Å². The number of aromatic nitrogens is 2. The Hall–Kier alpha value is -1.66. The summed E-state index contributed by atoms with van der Waals surface area (Å²) in [5.41, 5.74) is -0.704. The number of rotatable bonds is 1. The van der Waals surface area contributed by atoms with Gasteiger partial charge in [0.15, 0.2) is 0 Å². The molecule has 7 heteroatoms. The average Bonchev–Trinajstić information content (AvgIpc) is 2.42. The molecule has 0 bridgehead atoms. The van der Waals surface area contributed by atoms with E-state index >= 15 is 0 Å². The standard InChI is InChI=1S/C13H11ClN2O3S/c1-13(10-5-15-11(17)12(18)16-10)6-19-8-4-7(14)2-3-9(8)20-13/h2-5H,6H2,1H3,(H,15,17)(H,16,18). The van der Waals surface area contributed by atoms with Crippen LogP contribution in [0.25, 0.3) is 0 Å². The van der Waals surface area contributed by atoms with Crippen molar-refractivity contribution in [1.82, 2.24) is 9.97 Å². The van der Waals surface area contributed by atoms with Gasteiger partial charge in [-0.1, -0.05) is 11.6 Å². The average molecular weight is 311 g/mol. The van der Waals surface area contributed by atoms with Crippen LogP contribution >= 0.6 is 23.4 Å². The molecule has 0 aliphatic carbocycles. The molecule has 20 heavy (non-hydrogen) atoms. The van der Waals surface area contributed by atoms with E-state index in [1.807, 2.05) is 13.0 Å². The quantitative estimate of drug-likeness (QED) is 0.791. The fourth-order valence-corrected chi connectivity index (χ4v) is 3.34. The van der Waals surface area contributed by atoms with Crippen LogP contribution in [0.2, 0.25) is 5.02 Å². The van der Waals surface area contributed by atoms with Crippen LogP contribution in [0.15, 0.2) is 38.9 Å². The van der Waals surface area contributed by atoms with Crippen LogP contribution in [0, 0.1) is 0 Å². The summed E-state index contributed by atoms with van der Waals surface area (Å²) in [7, 11) is 0. The summed E-state index contributed by atoms with van der Waals surface area (Å²) in [5.74, 6) is 0.728. The number of hydrogen-bond donors (Lipinski definition) is 2. The van der Waals surface area contributed by atoms with Gasteiger partial charge in [0.05, 0.1) is 15.3 Å². The third-order valence-corrected chi connectivity index (χ3v) is 4.70. The van der Waals surface area contributed by atoms with E-state index in [1.54, 1.807) is 23.9 Å². The summed E-state index contributed by atoms with van der Waals surface area (Å²) >= 11 is 7.49. The molecule has 3 rings (SSSR count). The summed E-state index contributed by atoms with van der Waals surface area (Å²) in [6, 6.07) is 5.43. The lowest BCUT2D eigenvalue weighted by Crippen LogP contribution is -2.37. The van der Waals surface area contributed by atoms with Gasteiger partial charge in [-0.05, 0) is 25.1 Å². The molecule has 1 aliphatic rings. The minimum absolute atomic E-state index is 0.368. The van der Waals surface area contributed by atoms with Gasteiger partial charge in [-0.2, -0.15) is 0 Å². The zero-order valence-corrected chi connectivity index (χ0v) is 12.1. The van der Waals surface area contributed by atoms with E-state index in [0.717, 1.165) is 10.6 Å². The van der Waals surface area contributed by atoms with E-state index in [0.29, 0.717) is 17.3 Å². The fourth-order valence-electron chi connectivity index (χ4n) is 2.00. The SMILES string of the molecule is CC1(c2c[nH]c(=O)c(=O)[nH]2)COc2cc(Cl)ccc2S1. The largest absolute Gasteiger partial charge is 0.490 e. The Morgan fingerprint density at radius 2 is 2.15 bits per heavy atom. The number of benzene rings is 1. The molecule has 1 atom stereocenters. The van der Waals surface area contributed by atoms with Crippen LogP contribution in [-0.2, 0) is 4.75 Å². The van der Waals surface area contributed by atoms with E-state index in [-0.39, 0.29) is 0 Å². The lowest BCUT2D eigenvalue weighted by molar-refractivity contribution is 0.263. The van der Waals surface area contributed by atoms with E-state index in [4.69, 9.17) is 16.3 Å². The minimum Gasteiger partial charge on any atom is -0.490 e. The topological polar surface area (TPSA) is 75.0 Å². The Kier molecular flexibility index (Phi) is 3.14. The summed E-state index contributed by atoms with van der Waals surface area (Å²) < 4.78 is 5.24. The Morgan fingerprint density at radius 1 is 1.35 bits per heavy atom. The van der Waals surface area contributed by atoms with Crippen LogP contribution < -0.4 is 15.9 Å². The van der Waals surface area contributed by atoms with Gasteiger partial charge in [0.2, 0.25) is 0 Å². The zero-order valence-electron chi connectivity index (χ0n) is 10.5. The van der Waals surface area contributed by atoms with Gasteiger partial charge in [-0.15, -0.1) is 11.8 Å². The summed E-state index contributed by atoms with van der Waals surface area (Å²) in [6.45, 7) is 2.31. The Balaban J connectivity index is 2.02. The van der Waals surface area contributed by atoms with Gasteiger partial charge >= 0.3 is 11.1 Å². The minimum atomic E-state index is -0.661. The molecular weight excluding hydrogens is 300 g/mol. The molecule has 0 saturated heterocycles. The number of aromatic amines is 2. The predicted octanol–water partition coefficient (Wildman–Crippen LogP) is 2.12. The maximum atomic E-state index is 11.4. The summed E-state index contributed by atoms with van der Waals surface area (Å²) in [4.78, 5) is 28.6. The van der Waals surface area contributed by atoms with Gasteiger partial charge < -0.3 is 14.7 Å². The molecule has 1 aliphatic heterocycles. The highest BCUT2D eigenvalue weighted by Gasteiger charge is 2.35. The molecule has 2 N–H and O–H groups in total. The third-order valence-electron chi connectivity index (χ3n) is 3.12. The Morgan fingerprint density at radius 3 is 2.90 bits per heavy atom. The monoisotopic (exact) mass is 310 g/mol. The Bertz CT molecular complexity index is 786. The maximum Gasteiger partial charge on any atom is 0.313 e. The van der Waals surface area contributed by atoms with Crippen LogP contribution in [0.4, 0.5) is 0 Å². The second kappa shape index (κ2) is 4.71. The number of ether oxygens (including phenoxy) is 1. The van der Waals surface area contributed by atoms with Crippen molar-refractivity contribution in [1.29, 1.82) is 0 Å². The second-order valence-electron chi connectivity index (χ2n) is 4.70. The van der Waals surface area contributed by atoms with Crippen molar-refractivity contribution in [3.63, 3.8) is 0 Å². The smallest absolute Gasteiger partial charge is 0.313 e. The molecule has 2 aromatic rings. The predicted molar refractivity (Wildman–Crippen MR) is 77.8 cm³/mol. The van der Waals surface area contributed by atoms with Crippen molar-refractivity contribution in [2.24, 2.45) is 0 Å². The van der Waals surface area contributed by atoms with Crippen molar-refractivity contribution in [2.45, 2.75) is 16.6 Å². The van der Waals surface area contributed by atoms with E-state index in [1.165, 1.54) is 6.20 Å². The molecule has 0 spiro atoms. The molecule has 1 aromatic heterocycles. The summed E-state index contributed by atoms with van der Waals surface area (Å²) in [6.07, 6.45) is 1.51. The molecular formula is C13H11ClN2O3S. The number of hydrogen-bond acceptors (Lipinski definition) is 4. The number of nitrogens with one attached hydrogen (secondary N) is 2. The van der Waals surface area contributed by atoms with Gasteiger partial charge in [0, 0.05) is 11.2 Å². The van der Waals surface area contributed by atoms with Crippen molar-refractivity contribution < 1.29 is 4.74 Å². The highest BCUT2D eigenvalue weighted by atomic mass is 35.5. The van der Waals surface area contributed by atoms with Gasteiger partial charge in [0.1, 0.15) is 12.4 Å². The van der Waals surface area contributed by atoms with E-state index in [2.05, 4.69) is 9.97 Å². The first-order valence-corrected chi connectivity index (χ1v) is 7.11. The van der Waals surface area contributed by atoms with Crippen LogP contribution in [0.3, 0.4) is 0 Å². The normalized spacial score (nSPS) is 21.1. The number of fused-ring (bicyclic) bond motifs is 1. The first kappa shape index (κ1) is 13.3. The molecule has 0 amide bonds. The number of H-pyrrole nitrogens is 2. The van der Waals surface area contributed by atoms with Crippen molar-refractivity contribution in [3.05, 3.63) is 55.8 Å².